The third kappa shape index (κ3) is 1.41. The molecule has 0 aliphatic carbocycles. The first-order valence-corrected chi connectivity index (χ1v) is 1.67. The highest BCUT2D eigenvalue weighted by molar-refractivity contribution is 5.91. The van der Waals surface area contributed by atoms with Gasteiger partial charge in [0.05, 0.1) is 0 Å². The molecule has 0 aromatic carbocycles. The van der Waals surface area contributed by atoms with Gasteiger partial charge >= 0.3 is 5.97 Å². The van der Waals surface area contributed by atoms with E-state index in [1.165, 1.54) is 6.07 Å². The lowest BCUT2D eigenvalue weighted by Gasteiger charge is -1.85. The molecular weight excluding hydrogens is 110 g/mol. The van der Waals surface area contributed by atoms with Crippen LogP contribution in [0, 0.1) is 11.3 Å². The predicted octanol–water partition coefficient (Wildman–Crippen LogP) is 0.0824. The summed E-state index contributed by atoms with van der Waals surface area (Å²) in [7, 11) is 0. The van der Waals surface area contributed by atoms with Crippen LogP contribution in [0.3, 0.4) is 0 Å². The van der Waals surface area contributed by atoms with Crippen LogP contribution < -0.4 is 0 Å². The molecule has 0 spiro atoms. The molecule has 0 saturated heterocycles. The first-order chi connectivity index (χ1) is 3.72. The van der Waals surface area contributed by atoms with E-state index >= 15 is 0 Å². The molecule has 0 bridgehead atoms. The second-order valence-electron chi connectivity index (χ2n) is 0.969. The summed E-state index contributed by atoms with van der Waals surface area (Å²) < 4.78 is 0. The van der Waals surface area contributed by atoms with Crippen LogP contribution in [0.15, 0.2) is 12.2 Å². The largest absolute Gasteiger partial charge is 0.382 e. The number of nitrogens with zero attached hydrogens (tertiary/aromatic N) is 1. The number of hydrogen-bond acceptors (Lipinski definition) is 4. The molecule has 0 radical (unpaired) electrons. The molecule has 0 fully saturated rings. The summed E-state index contributed by atoms with van der Waals surface area (Å²) in [5, 5.41) is 15.4. The van der Waals surface area contributed by atoms with E-state index in [1.807, 2.05) is 0 Å². The monoisotopic (exact) mass is 113 g/mol. The average Bonchev–Trinajstić information content (AvgIpc) is 1.84. The van der Waals surface area contributed by atoms with Crippen LogP contribution in [-0.2, 0) is 9.68 Å². The maximum Gasteiger partial charge on any atom is 0.382 e. The molecule has 0 aromatic rings. The Labute approximate surface area is 45.5 Å². The number of hydrogen-bond donors (Lipinski definition) is 1. The van der Waals surface area contributed by atoms with Gasteiger partial charge in [0, 0.05) is 0 Å². The van der Waals surface area contributed by atoms with Crippen LogP contribution in [-0.4, -0.2) is 11.2 Å². The summed E-state index contributed by atoms with van der Waals surface area (Å²) in [6.07, 6.45) is 0. The second-order valence-corrected chi connectivity index (χ2v) is 0.969. The SMILES string of the molecule is C=C(C#N)C(=O)OO. The minimum Gasteiger partial charge on any atom is -0.295 e. The normalized spacial score (nSPS) is 7.00. The number of carbonyl (C=O) groups is 1. The van der Waals surface area contributed by atoms with Gasteiger partial charge in [0.1, 0.15) is 11.6 Å². The summed E-state index contributed by atoms with van der Waals surface area (Å²) in [6, 6.07) is 1.39. The Balaban J connectivity index is 3.89. The van der Waals surface area contributed by atoms with Crippen molar-refractivity contribution in [2.75, 3.05) is 0 Å². The highest BCUT2D eigenvalue weighted by atomic mass is 17.1. The summed E-state index contributed by atoms with van der Waals surface area (Å²) >= 11 is 0. The molecule has 0 aromatic heterocycles. The fourth-order valence-electron chi connectivity index (χ4n) is 0.101. The van der Waals surface area contributed by atoms with Gasteiger partial charge in [-0.2, -0.15) is 10.5 Å². The molecule has 0 rings (SSSR count). The van der Waals surface area contributed by atoms with Crippen LogP contribution in [0.4, 0.5) is 0 Å². The Morgan fingerprint density at radius 3 is 2.50 bits per heavy atom. The van der Waals surface area contributed by atoms with Gasteiger partial charge in [-0.1, -0.05) is 6.58 Å². The lowest BCUT2D eigenvalue weighted by atomic mass is 10.4. The van der Waals surface area contributed by atoms with E-state index in [0.717, 1.165) is 0 Å². The maximum atomic E-state index is 9.95. The zero-order chi connectivity index (χ0) is 6.57. The van der Waals surface area contributed by atoms with E-state index < -0.39 is 11.5 Å². The van der Waals surface area contributed by atoms with Crippen molar-refractivity contribution in [1.29, 1.82) is 5.26 Å². The van der Waals surface area contributed by atoms with Crippen LogP contribution >= 0.6 is 0 Å². The van der Waals surface area contributed by atoms with Gasteiger partial charge in [-0.25, -0.2) is 4.79 Å². The van der Waals surface area contributed by atoms with Gasteiger partial charge in [0.25, 0.3) is 0 Å². The smallest absolute Gasteiger partial charge is 0.295 e. The first-order valence-electron chi connectivity index (χ1n) is 1.67. The molecule has 0 saturated carbocycles. The minimum absolute atomic E-state index is 0.424. The van der Waals surface area contributed by atoms with E-state index in [4.69, 9.17) is 10.5 Å². The van der Waals surface area contributed by atoms with Gasteiger partial charge in [-0.15, -0.1) is 0 Å². The second kappa shape index (κ2) is 2.77. The van der Waals surface area contributed by atoms with Crippen molar-refractivity contribution in [2.45, 2.75) is 0 Å². The van der Waals surface area contributed by atoms with E-state index in [1.54, 1.807) is 0 Å². The van der Waals surface area contributed by atoms with Crippen molar-refractivity contribution < 1.29 is 14.9 Å². The molecule has 0 aliphatic rings. The number of rotatable bonds is 1. The lowest BCUT2D eigenvalue weighted by molar-refractivity contribution is -0.228. The van der Waals surface area contributed by atoms with Gasteiger partial charge in [0.2, 0.25) is 0 Å². The molecule has 42 valence electrons. The molecule has 1 N–H and O–H groups in total. The molecular formula is C4H3NO3. The van der Waals surface area contributed by atoms with E-state index in [9.17, 15) is 4.79 Å². The predicted molar refractivity (Wildman–Crippen MR) is 23.5 cm³/mol. The van der Waals surface area contributed by atoms with Gasteiger partial charge in [0.15, 0.2) is 0 Å². The van der Waals surface area contributed by atoms with E-state index in [-0.39, 0.29) is 0 Å². The van der Waals surface area contributed by atoms with Crippen molar-refractivity contribution in [2.24, 2.45) is 0 Å². The van der Waals surface area contributed by atoms with Crippen molar-refractivity contribution in [3.8, 4) is 6.07 Å². The summed E-state index contributed by atoms with van der Waals surface area (Å²) in [5.74, 6) is -1.12. The minimum atomic E-state index is -1.12. The third-order valence-corrected chi connectivity index (χ3v) is 0.464. The molecule has 0 amide bonds. The Morgan fingerprint density at radius 2 is 2.38 bits per heavy atom. The molecule has 0 heterocycles. The zero-order valence-corrected chi connectivity index (χ0v) is 3.92. The van der Waals surface area contributed by atoms with E-state index in [2.05, 4.69) is 11.5 Å². The summed E-state index contributed by atoms with van der Waals surface area (Å²) in [4.78, 5) is 13.1. The van der Waals surface area contributed by atoms with Gasteiger partial charge in [-0.3, -0.25) is 4.89 Å². The number of nitriles is 1. The molecule has 8 heavy (non-hydrogen) atoms. The highest BCUT2D eigenvalue weighted by Crippen LogP contribution is 1.87. The van der Waals surface area contributed by atoms with Crippen LogP contribution in [0.25, 0.3) is 0 Å². The quantitative estimate of drug-likeness (QED) is 0.226. The topological polar surface area (TPSA) is 70.3 Å². The molecule has 0 unspecified atom stereocenters. The van der Waals surface area contributed by atoms with Crippen LogP contribution in [0.1, 0.15) is 0 Å². The van der Waals surface area contributed by atoms with Crippen LogP contribution in [0.5, 0.6) is 0 Å². The summed E-state index contributed by atoms with van der Waals surface area (Å²) in [5.41, 5.74) is -0.424. The fraction of sp³-hybridized carbons (Fsp3) is 0. The Hall–Kier alpha value is -1.34. The molecule has 0 aliphatic heterocycles. The van der Waals surface area contributed by atoms with Crippen molar-refractivity contribution in [1.82, 2.24) is 0 Å². The Morgan fingerprint density at radius 1 is 1.88 bits per heavy atom. The Kier molecular flexibility index (Phi) is 2.31. The van der Waals surface area contributed by atoms with Gasteiger partial charge < -0.3 is 0 Å². The van der Waals surface area contributed by atoms with Gasteiger partial charge in [-0.05, 0) is 0 Å². The zero-order valence-electron chi connectivity index (χ0n) is 3.92. The third-order valence-electron chi connectivity index (χ3n) is 0.464. The van der Waals surface area contributed by atoms with Crippen LogP contribution in [0.2, 0.25) is 0 Å². The molecule has 0 atom stereocenters. The fourth-order valence-corrected chi connectivity index (χ4v) is 0.101. The van der Waals surface area contributed by atoms with Crippen molar-refractivity contribution >= 4 is 5.97 Å². The lowest BCUT2D eigenvalue weighted by Crippen LogP contribution is -2.01. The Bertz CT molecular complexity index is 155. The van der Waals surface area contributed by atoms with Crippen molar-refractivity contribution in [3.63, 3.8) is 0 Å². The maximum absolute atomic E-state index is 9.95. The molecule has 4 heteroatoms. The first kappa shape index (κ1) is 6.66. The van der Waals surface area contributed by atoms with Crippen molar-refractivity contribution in [3.05, 3.63) is 12.2 Å². The molecule has 4 nitrogen and oxygen atoms in total. The summed E-state index contributed by atoms with van der Waals surface area (Å²) in [6.45, 7) is 2.95. The number of carbonyl (C=O) groups excluding carboxylic acids is 1. The average molecular weight is 113 g/mol. The highest BCUT2D eigenvalue weighted by Gasteiger charge is 2.04. The van der Waals surface area contributed by atoms with E-state index in [0.29, 0.717) is 0 Å². The standard InChI is InChI=1S/C4H3NO3/c1-3(2-5)4(6)8-7/h7H,1H2.